The first kappa shape index (κ1) is 21.6. The van der Waals surface area contributed by atoms with Gasteiger partial charge in [0.1, 0.15) is 11.6 Å². The molecule has 7 nitrogen and oxygen atoms in total. The third kappa shape index (κ3) is 3.99. The molecule has 0 aliphatic carbocycles. The molecular weight excluding hydrogens is 428 g/mol. The normalized spacial score (nSPS) is 10.9. The van der Waals surface area contributed by atoms with E-state index in [0.717, 1.165) is 33.8 Å². The van der Waals surface area contributed by atoms with Crippen LogP contribution in [0, 0.1) is 13.8 Å². The van der Waals surface area contributed by atoms with Crippen LogP contribution in [0.1, 0.15) is 28.8 Å². The van der Waals surface area contributed by atoms with E-state index >= 15 is 0 Å². The fourth-order valence-electron chi connectivity index (χ4n) is 3.58. The Labute approximate surface area is 191 Å². The van der Waals surface area contributed by atoms with Crippen LogP contribution >= 0.6 is 11.6 Å². The van der Waals surface area contributed by atoms with Gasteiger partial charge in [0.05, 0.1) is 19.1 Å². The van der Waals surface area contributed by atoms with Crippen molar-refractivity contribution >= 4 is 40.1 Å². The van der Waals surface area contributed by atoms with Crippen LogP contribution in [0.25, 0.3) is 16.7 Å². The predicted octanol–water partition coefficient (Wildman–Crippen LogP) is 5.62. The van der Waals surface area contributed by atoms with Crippen LogP contribution < -0.4 is 10.1 Å². The van der Waals surface area contributed by atoms with Gasteiger partial charge in [-0.15, -0.1) is 0 Å². The molecule has 0 saturated heterocycles. The number of rotatable bonds is 6. The molecule has 32 heavy (non-hydrogen) atoms. The number of hydrogen-bond donors (Lipinski definition) is 1. The number of carbonyl (C=O) groups excluding carboxylic acids is 1. The number of methoxy groups -OCH3 is 1. The molecule has 1 N–H and O–H groups in total. The van der Waals surface area contributed by atoms with E-state index < -0.39 is 5.97 Å². The molecule has 164 valence electrons. The zero-order valence-corrected chi connectivity index (χ0v) is 19.0. The van der Waals surface area contributed by atoms with Gasteiger partial charge in [-0.25, -0.2) is 14.8 Å². The Morgan fingerprint density at radius 1 is 1.12 bits per heavy atom. The molecular formula is C24H23ClN4O3. The number of carbonyl (C=O) groups is 1. The lowest BCUT2D eigenvalue weighted by atomic mass is 10.2. The number of ether oxygens (including phenoxy) is 2. The summed E-state index contributed by atoms with van der Waals surface area (Å²) in [7, 11) is 1.62. The fraction of sp³-hybridized carbons (Fsp3) is 0.208. The second-order valence-electron chi connectivity index (χ2n) is 7.19. The number of halogens is 1. The van der Waals surface area contributed by atoms with Crippen molar-refractivity contribution in [1.29, 1.82) is 0 Å². The van der Waals surface area contributed by atoms with Crippen molar-refractivity contribution in [3.63, 3.8) is 0 Å². The van der Waals surface area contributed by atoms with Gasteiger partial charge < -0.3 is 14.8 Å². The molecule has 8 heteroatoms. The van der Waals surface area contributed by atoms with Crippen LogP contribution in [0.5, 0.6) is 5.75 Å². The van der Waals surface area contributed by atoms with E-state index in [2.05, 4.69) is 15.3 Å². The molecule has 0 aliphatic heterocycles. The van der Waals surface area contributed by atoms with Crippen LogP contribution in [0.4, 0.5) is 11.5 Å². The smallest absolute Gasteiger partial charge is 0.376 e. The number of hydrogen-bond acceptors (Lipinski definition) is 6. The summed E-state index contributed by atoms with van der Waals surface area (Å²) >= 11 is 6.25. The van der Waals surface area contributed by atoms with E-state index in [-0.39, 0.29) is 12.4 Å². The summed E-state index contributed by atoms with van der Waals surface area (Å²) in [4.78, 5) is 21.6. The van der Waals surface area contributed by atoms with E-state index in [1.165, 1.54) is 0 Å². The van der Waals surface area contributed by atoms with Crippen molar-refractivity contribution < 1.29 is 14.3 Å². The molecule has 0 fully saturated rings. The first-order chi connectivity index (χ1) is 15.4. The highest BCUT2D eigenvalue weighted by Crippen LogP contribution is 2.34. The molecule has 4 rings (SSSR count). The van der Waals surface area contributed by atoms with Gasteiger partial charge in [-0.3, -0.25) is 4.57 Å². The summed E-state index contributed by atoms with van der Waals surface area (Å²) in [5, 5.41) is 4.75. The average Bonchev–Trinajstić information content (AvgIpc) is 3.04. The summed E-state index contributed by atoms with van der Waals surface area (Å²) in [5.74, 6) is 0.664. The Bertz CT molecular complexity index is 1300. The molecule has 0 radical (unpaired) electrons. The van der Waals surface area contributed by atoms with Gasteiger partial charge in [0.2, 0.25) is 5.82 Å². The Morgan fingerprint density at radius 3 is 2.53 bits per heavy atom. The Balaban J connectivity index is 1.95. The summed E-state index contributed by atoms with van der Waals surface area (Å²) in [5.41, 5.74) is 4.20. The molecule has 0 amide bonds. The summed E-state index contributed by atoms with van der Waals surface area (Å²) < 4.78 is 12.4. The number of benzene rings is 2. The molecule has 0 bridgehead atoms. The van der Waals surface area contributed by atoms with E-state index in [9.17, 15) is 4.79 Å². The maximum absolute atomic E-state index is 12.5. The van der Waals surface area contributed by atoms with Crippen LogP contribution in [0.15, 0.2) is 48.5 Å². The molecule has 0 atom stereocenters. The number of anilines is 2. The number of fused-ring (bicyclic) bond motifs is 1. The van der Waals surface area contributed by atoms with Crippen LogP contribution in [0.3, 0.4) is 0 Å². The molecule has 0 unspecified atom stereocenters. The fourth-order valence-corrected chi connectivity index (χ4v) is 3.77. The van der Waals surface area contributed by atoms with Crippen molar-refractivity contribution in [2.24, 2.45) is 0 Å². The third-order valence-electron chi connectivity index (χ3n) is 5.23. The van der Waals surface area contributed by atoms with Crippen molar-refractivity contribution in [3.8, 4) is 11.4 Å². The minimum Gasteiger partial charge on any atom is -0.497 e. The van der Waals surface area contributed by atoms with E-state index in [4.69, 9.17) is 21.1 Å². The van der Waals surface area contributed by atoms with Crippen molar-refractivity contribution in [3.05, 3.63) is 70.6 Å². The van der Waals surface area contributed by atoms with Crippen molar-refractivity contribution in [1.82, 2.24) is 14.5 Å². The van der Waals surface area contributed by atoms with Gasteiger partial charge in [0.25, 0.3) is 0 Å². The van der Waals surface area contributed by atoms with Gasteiger partial charge >= 0.3 is 5.97 Å². The Hall–Kier alpha value is -3.58. The van der Waals surface area contributed by atoms with E-state index in [1.54, 1.807) is 14.0 Å². The minimum absolute atomic E-state index is 0.0175. The first-order valence-electron chi connectivity index (χ1n) is 10.2. The lowest BCUT2D eigenvalue weighted by Gasteiger charge is -2.12. The summed E-state index contributed by atoms with van der Waals surface area (Å²) in [6, 6.07) is 15.0. The highest BCUT2D eigenvalue weighted by atomic mass is 35.5. The molecule has 2 heterocycles. The number of esters is 1. The van der Waals surface area contributed by atoms with Crippen molar-refractivity contribution in [2.75, 3.05) is 19.0 Å². The first-order valence-corrected chi connectivity index (χ1v) is 10.5. The zero-order valence-electron chi connectivity index (χ0n) is 18.3. The second-order valence-corrected chi connectivity index (χ2v) is 7.63. The number of aryl methyl sites for hydroxylation is 1. The van der Waals surface area contributed by atoms with Gasteiger partial charge in [-0.1, -0.05) is 17.7 Å². The zero-order chi connectivity index (χ0) is 22.8. The third-order valence-corrected chi connectivity index (χ3v) is 5.47. The number of aromatic nitrogens is 3. The van der Waals surface area contributed by atoms with Gasteiger partial charge in [-0.2, -0.15) is 0 Å². The lowest BCUT2D eigenvalue weighted by Crippen LogP contribution is -2.12. The maximum atomic E-state index is 12.5. The van der Waals surface area contributed by atoms with E-state index in [0.29, 0.717) is 16.5 Å². The standard InChI is InChI=1S/C24H23ClN4O3/c1-5-32-24(30)22-27-21(26-17-9-11-19(31-4)12-10-17)20-14(2)15(3)29(23(20)28-22)18-8-6-7-16(25)13-18/h6-13H,5H2,1-4H3,(H,26,27,28). The minimum atomic E-state index is -0.582. The summed E-state index contributed by atoms with van der Waals surface area (Å²) in [6.45, 7) is 5.98. The van der Waals surface area contributed by atoms with Crippen LogP contribution in [0.2, 0.25) is 5.02 Å². The van der Waals surface area contributed by atoms with Gasteiger partial charge in [-0.05, 0) is 68.8 Å². The Morgan fingerprint density at radius 2 is 1.88 bits per heavy atom. The molecule has 2 aromatic carbocycles. The molecule has 4 aromatic rings. The second kappa shape index (κ2) is 8.88. The largest absolute Gasteiger partial charge is 0.497 e. The van der Waals surface area contributed by atoms with Gasteiger partial charge in [0.15, 0.2) is 5.65 Å². The predicted molar refractivity (Wildman–Crippen MR) is 126 cm³/mol. The SMILES string of the molecule is CCOC(=O)c1nc(Nc2ccc(OC)cc2)c2c(C)c(C)n(-c3cccc(Cl)c3)c2n1. The molecule has 0 saturated carbocycles. The van der Waals surface area contributed by atoms with Crippen LogP contribution in [-0.2, 0) is 4.74 Å². The highest BCUT2D eigenvalue weighted by molar-refractivity contribution is 6.30. The maximum Gasteiger partial charge on any atom is 0.376 e. The van der Waals surface area contributed by atoms with Gasteiger partial charge in [0, 0.05) is 22.1 Å². The quantitative estimate of drug-likeness (QED) is 0.384. The topological polar surface area (TPSA) is 78.3 Å². The lowest BCUT2D eigenvalue weighted by molar-refractivity contribution is 0.0512. The number of nitrogens with one attached hydrogen (secondary N) is 1. The van der Waals surface area contributed by atoms with Crippen molar-refractivity contribution in [2.45, 2.75) is 20.8 Å². The number of nitrogens with zero attached hydrogens (tertiary/aromatic N) is 3. The van der Waals surface area contributed by atoms with Crippen LogP contribution in [-0.4, -0.2) is 34.2 Å². The monoisotopic (exact) mass is 450 g/mol. The molecule has 0 aliphatic rings. The summed E-state index contributed by atoms with van der Waals surface area (Å²) in [6.07, 6.45) is 0. The molecule has 0 spiro atoms. The average molecular weight is 451 g/mol. The Kier molecular flexibility index (Phi) is 6.01. The van der Waals surface area contributed by atoms with E-state index in [1.807, 2.05) is 66.9 Å². The molecule has 2 aromatic heterocycles. The highest BCUT2D eigenvalue weighted by Gasteiger charge is 2.22.